The van der Waals surface area contributed by atoms with Gasteiger partial charge in [0.25, 0.3) is 0 Å². The molecule has 0 aliphatic carbocycles. The van der Waals surface area contributed by atoms with Crippen LogP contribution < -0.4 is 4.74 Å². The lowest BCUT2D eigenvalue weighted by Crippen LogP contribution is -2.01. The van der Waals surface area contributed by atoms with Crippen LogP contribution in [0.3, 0.4) is 0 Å². The Balaban J connectivity index is 2.46. The number of fused-ring (bicyclic) bond motifs is 1. The molecule has 1 aliphatic heterocycles. The maximum Gasteiger partial charge on any atom is 0.337 e. The minimum atomic E-state index is -0.449. The number of aromatic hydroxyl groups is 1. The number of methoxy groups -OCH3 is 1. The lowest BCUT2D eigenvalue weighted by molar-refractivity contribution is 0.0600. The third-order valence-electron chi connectivity index (χ3n) is 2.19. The number of phenolic OH excluding ortho intramolecular Hbond substituents is 1. The number of carbonyl (C=O) groups is 1. The lowest BCUT2D eigenvalue weighted by atomic mass is 10.1. The first-order valence-corrected chi connectivity index (χ1v) is 4.29. The number of carbonyl (C=O) groups excluding carboxylic acids is 1. The van der Waals surface area contributed by atoms with Gasteiger partial charge >= 0.3 is 5.97 Å². The molecule has 0 fully saturated rings. The molecule has 0 saturated carbocycles. The maximum absolute atomic E-state index is 11.2. The molecule has 0 unspecified atom stereocenters. The summed E-state index contributed by atoms with van der Waals surface area (Å²) in [6, 6.07) is 3.05. The Hall–Kier alpha value is -1.71. The lowest BCUT2D eigenvalue weighted by Gasteiger charge is -2.04. The van der Waals surface area contributed by atoms with Crippen LogP contribution >= 0.6 is 0 Å². The molecule has 1 aromatic carbocycles. The summed E-state index contributed by atoms with van der Waals surface area (Å²) in [6.45, 7) is 0.549. The van der Waals surface area contributed by atoms with E-state index in [4.69, 9.17) is 4.74 Å². The molecule has 1 aliphatic rings. The van der Waals surface area contributed by atoms with Gasteiger partial charge in [0.2, 0.25) is 0 Å². The maximum atomic E-state index is 11.2. The van der Waals surface area contributed by atoms with Crippen molar-refractivity contribution in [1.82, 2.24) is 0 Å². The van der Waals surface area contributed by atoms with Crippen molar-refractivity contribution >= 4 is 5.97 Å². The van der Waals surface area contributed by atoms with Gasteiger partial charge in [-0.25, -0.2) is 4.79 Å². The van der Waals surface area contributed by atoms with E-state index in [1.165, 1.54) is 13.2 Å². The van der Waals surface area contributed by atoms with Crippen molar-refractivity contribution < 1.29 is 19.4 Å². The van der Waals surface area contributed by atoms with Crippen LogP contribution in [-0.4, -0.2) is 24.8 Å². The van der Waals surface area contributed by atoms with Crippen molar-refractivity contribution in [3.63, 3.8) is 0 Å². The molecule has 0 aromatic heterocycles. The number of phenols is 1. The smallest absolute Gasteiger partial charge is 0.337 e. The first kappa shape index (κ1) is 8.87. The van der Waals surface area contributed by atoms with E-state index < -0.39 is 5.97 Å². The predicted molar refractivity (Wildman–Crippen MR) is 48.6 cm³/mol. The van der Waals surface area contributed by atoms with Gasteiger partial charge < -0.3 is 14.6 Å². The zero-order valence-electron chi connectivity index (χ0n) is 7.74. The number of rotatable bonds is 1. The van der Waals surface area contributed by atoms with Crippen molar-refractivity contribution in [2.75, 3.05) is 13.7 Å². The van der Waals surface area contributed by atoms with Crippen LogP contribution in [0.5, 0.6) is 11.5 Å². The van der Waals surface area contributed by atoms with Gasteiger partial charge in [-0.3, -0.25) is 0 Å². The minimum absolute atomic E-state index is 0.000370. The van der Waals surface area contributed by atoms with E-state index in [-0.39, 0.29) is 5.75 Å². The highest BCUT2D eigenvalue weighted by atomic mass is 16.5. The Kier molecular flexibility index (Phi) is 2.04. The van der Waals surface area contributed by atoms with E-state index in [9.17, 15) is 9.90 Å². The Morgan fingerprint density at radius 3 is 3.07 bits per heavy atom. The largest absolute Gasteiger partial charge is 0.504 e. The van der Waals surface area contributed by atoms with Crippen LogP contribution in [0.25, 0.3) is 0 Å². The topological polar surface area (TPSA) is 55.8 Å². The standard InChI is InChI=1S/C10H10O4/c1-13-10(12)7-4-6-2-3-14-9(6)8(11)5-7/h4-5,11H,2-3H2,1H3. The molecular formula is C10H10O4. The van der Waals surface area contributed by atoms with Crippen LogP contribution in [0, 0.1) is 0 Å². The summed E-state index contributed by atoms with van der Waals surface area (Å²) in [6.07, 6.45) is 0.716. The fraction of sp³-hybridized carbons (Fsp3) is 0.300. The number of ether oxygens (including phenoxy) is 2. The first-order valence-electron chi connectivity index (χ1n) is 4.29. The second-order valence-corrected chi connectivity index (χ2v) is 3.07. The Bertz CT molecular complexity index is 384. The fourth-order valence-electron chi connectivity index (χ4n) is 1.52. The quantitative estimate of drug-likeness (QED) is 0.680. The van der Waals surface area contributed by atoms with E-state index >= 15 is 0 Å². The van der Waals surface area contributed by atoms with Gasteiger partial charge in [-0.2, -0.15) is 0 Å². The van der Waals surface area contributed by atoms with Gasteiger partial charge in [0.05, 0.1) is 19.3 Å². The van der Waals surface area contributed by atoms with Gasteiger partial charge in [0, 0.05) is 12.0 Å². The van der Waals surface area contributed by atoms with Crippen LogP contribution in [-0.2, 0) is 11.2 Å². The Morgan fingerprint density at radius 2 is 2.36 bits per heavy atom. The average Bonchev–Trinajstić information content (AvgIpc) is 2.64. The van der Waals surface area contributed by atoms with E-state index in [0.717, 1.165) is 5.56 Å². The van der Waals surface area contributed by atoms with E-state index in [1.54, 1.807) is 6.07 Å². The van der Waals surface area contributed by atoms with E-state index in [0.29, 0.717) is 24.3 Å². The van der Waals surface area contributed by atoms with Crippen molar-refractivity contribution in [2.45, 2.75) is 6.42 Å². The molecule has 0 spiro atoms. The number of benzene rings is 1. The summed E-state index contributed by atoms with van der Waals surface area (Å²) >= 11 is 0. The number of hydrogen-bond donors (Lipinski definition) is 1. The first-order chi connectivity index (χ1) is 6.72. The third kappa shape index (κ3) is 1.28. The van der Waals surface area contributed by atoms with E-state index in [1.807, 2.05) is 0 Å². The summed E-state index contributed by atoms with van der Waals surface area (Å²) < 4.78 is 9.76. The summed E-state index contributed by atoms with van der Waals surface area (Å²) in [5.41, 5.74) is 1.21. The highest BCUT2D eigenvalue weighted by Gasteiger charge is 2.19. The molecule has 4 heteroatoms. The van der Waals surface area contributed by atoms with Crippen molar-refractivity contribution in [3.8, 4) is 11.5 Å². The second-order valence-electron chi connectivity index (χ2n) is 3.07. The molecule has 2 rings (SSSR count). The summed E-state index contributed by atoms with van der Waals surface area (Å²) in [5, 5.41) is 9.52. The molecule has 1 heterocycles. The molecule has 0 amide bonds. The summed E-state index contributed by atoms with van der Waals surface area (Å²) in [5.74, 6) is 0.0352. The molecule has 74 valence electrons. The predicted octanol–water partition coefficient (Wildman–Crippen LogP) is 1.11. The van der Waals surface area contributed by atoms with E-state index in [2.05, 4.69) is 4.74 Å². The van der Waals surface area contributed by atoms with Gasteiger partial charge in [-0.1, -0.05) is 0 Å². The van der Waals surface area contributed by atoms with Gasteiger partial charge in [-0.05, 0) is 12.1 Å². The van der Waals surface area contributed by atoms with Crippen LogP contribution in [0.2, 0.25) is 0 Å². The van der Waals surface area contributed by atoms with Gasteiger partial charge in [0.15, 0.2) is 11.5 Å². The zero-order chi connectivity index (χ0) is 10.1. The molecule has 0 saturated heterocycles. The molecule has 1 N–H and O–H groups in total. The molecule has 1 aromatic rings. The summed E-state index contributed by atoms with van der Waals surface area (Å²) in [7, 11) is 1.31. The Labute approximate surface area is 81.1 Å². The Morgan fingerprint density at radius 1 is 1.57 bits per heavy atom. The third-order valence-corrected chi connectivity index (χ3v) is 2.19. The normalized spacial score (nSPS) is 13.2. The fourth-order valence-corrected chi connectivity index (χ4v) is 1.52. The SMILES string of the molecule is COC(=O)c1cc(O)c2c(c1)CCO2. The van der Waals surface area contributed by atoms with Crippen molar-refractivity contribution in [1.29, 1.82) is 0 Å². The van der Waals surface area contributed by atoms with Crippen LogP contribution in [0.4, 0.5) is 0 Å². The highest BCUT2D eigenvalue weighted by Crippen LogP contribution is 2.35. The van der Waals surface area contributed by atoms with Gasteiger partial charge in [-0.15, -0.1) is 0 Å². The van der Waals surface area contributed by atoms with Gasteiger partial charge in [0.1, 0.15) is 0 Å². The second kappa shape index (κ2) is 3.21. The molecule has 0 radical (unpaired) electrons. The molecule has 4 nitrogen and oxygen atoms in total. The monoisotopic (exact) mass is 194 g/mol. The molecule has 0 atom stereocenters. The number of hydrogen-bond acceptors (Lipinski definition) is 4. The molecule has 0 bridgehead atoms. The van der Waals surface area contributed by atoms with Crippen LogP contribution in [0.15, 0.2) is 12.1 Å². The van der Waals surface area contributed by atoms with Crippen LogP contribution in [0.1, 0.15) is 15.9 Å². The molecular weight excluding hydrogens is 184 g/mol. The summed E-state index contributed by atoms with van der Waals surface area (Å²) in [4.78, 5) is 11.2. The van der Waals surface area contributed by atoms with Crippen molar-refractivity contribution in [2.24, 2.45) is 0 Å². The van der Waals surface area contributed by atoms with Crippen molar-refractivity contribution in [3.05, 3.63) is 23.3 Å². The number of esters is 1. The highest BCUT2D eigenvalue weighted by molar-refractivity contribution is 5.90. The minimum Gasteiger partial charge on any atom is -0.504 e. The molecule has 14 heavy (non-hydrogen) atoms. The average molecular weight is 194 g/mol. The zero-order valence-corrected chi connectivity index (χ0v) is 7.74.